The van der Waals surface area contributed by atoms with Crippen LogP contribution in [0.2, 0.25) is 0 Å². The molecule has 5 heteroatoms. The molecule has 2 unspecified atom stereocenters. The Labute approximate surface area is 114 Å². The quantitative estimate of drug-likeness (QED) is 0.885. The lowest BCUT2D eigenvalue weighted by molar-refractivity contribution is -0.0858. The topological polar surface area (TPSA) is 60.2 Å². The third-order valence-corrected chi connectivity index (χ3v) is 4.70. The van der Waals surface area contributed by atoms with Crippen molar-refractivity contribution in [3.8, 4) is 0 Å². The predicted molar refractivity (Wildman–Crippen MR) is 70.9 cm³/mol. The van der Waals surface area contributed by atoms with Crippen LogP contribution in [0.1, 0.15) is 63.1 Å². The Bertz CT molecular complexity index is 423. The van der Waals surface area contributed by atoms with Crippen LogP contribution < -0.4 is 5.32 Å². The fourth-order valence-electron chi connectivity index (χ4n) is 3.35. The van der Waals surface area contributed by atoms with Crippen LogP contribution in [0.25, 0.3) is 0 Å². The first-order chi connectivity index (χ1) is 9.29. The predicted octanol–water partition coefficient (Wildman–Crippen LogP) is 2.34. The van der Waals surface area contributed by atoms with Gasteiger partial charge >= 0.3 is 0 Å². The molecule has 3 rings (SSSR count). The van der Waals surface area contributed by atoms with E-state index in [0.29, 0.717) is 12.0 Å². The molecule has 0 amide bonds. The fourth-order valence-corrected chi connectivity index (χ4v) is 3.35. The number of nitrogens with zero attached hydrogens (tertiary/aromatic N) is 2. The van der Waals surface area contributed by atoms with Crippen molar-refractivity contribution >= 4 is 0 Å². The Balaban J connectivity index is 1.77. The second kappa shape index (κ2) is 5.21. The van der Waals surface area contributed by atoms with Crippen LogP contribution in [-0.2, 0) is 10.3 Å². The molecule has 2 fully saturated rings. The molecule has 1 heterocycles. The molecule has 1 N–H and O–H groups in total. The van der Waals surface area contributed by atoms with Crippen LogP contribution >= 0.6 is 0 Å². The van der Waals surface area contributed by atoms with Gasteiger partial charge in [-0.25, -0.2) is 0 Å². The third-order valence-electron chi connectivity index (χ3n) is 4.70. The number of hydrogen-bond acceptors (Lipinski definition) is 5. The van der Waals surface area contributed by atoms with Gasteiger partial charge in [0.1, 0.15) is 5.60 Å². The molecule has 0 bridgehead atoms. The molecule has 0 aliphatic heterocycles. The lowest BCUT2D eigenvalue weighted by atomic mass is 9.79. The molecule has 2 atom stereocenters. The summed E-state index contributed by atoms with van der Waals surface area (Å²) in [5.41, 5.74) is -0.270. The molecule has 19 heavy (non-hydrogen) atoms. The van der Waals surface area contributed by atoms with Crippen molar-refractivity contribution in [2.24, 2.45) is 0 Å². The van der Waals surface area contributed by atoms with E-state index in [2.05, 4.69) is 22.4 Å². The fraction of sp³-hybridized carbons (Fsp3) is 0.857. The molecule has 5 nitrogen and oxygen atoms in total. The number of likely N-dealkylation sites (N-methyl/N-ethyl adjacent to an activating group) is 1. The lowest BCUT2D eigenvalue weighted by Crippen LogP contribution is -2.37. The molecular formula is C14H23N3O2. The lowest BCUT2D eigenvalue weighted by Gasteiger charge is -2.37. The van der Waals surface area contributed by atoms with Crippen molar-refractivity contribution in [3.05, 3.63) is 11.7 Å². The zero-order valence-corrected chi connectivity index (χ0v) is 11.8. The van der Waals surface area contributed by atoms with E-state index in [9.17, 15) is 0 Å². The van der Waals surface area contributed by atoms with Crippen LogP contribution in [0.15, 0.2) is 4.52 Å². The highest BCUT2D eigenvalue weighted by molar-refractivity contribution is 5.10. The standard InChI is InChI=1S/C14H23N3O2/c1-3-15-11-7-4-6-10(11)12-16-13(17-19-12)14(18-2)8-5-9-14/h10-11,15H,3-9H2,1-2H3. The van der Waals surface area contributed by atoms with Crippen molar-refractivity contribution in [1.82, 2.24) is 15.5 Å². The van der Waals surface area contributed by atoms with E-state index in [0.717, 1.165) is 37.5 Å². The number of rotatable bonds is 5. The summed E-state index contributed by atoms with van der Waals surface area (Å²) in [7, 11) is 1.74. The van der Waals surface area contributed by atoms with Gasteiger partial charge in [-0.3, -0.25) is 0 Å². The van der Waals surface area contributed by atoms with Crippen molar-refractivity contribution in [2.75, 3.05) is 13.7 Å². The van der Waals surface area contributed by atoms with E-state index >= 15 is 0 Å². The molecule has 0 aromatic carbocycles. The molecule has 0 spiro atoms. The highest BCUT2D eigenvalue weighted by Gasteiger charge is 2.44. The number of hydrogen-bond donors (Lipinski definition) is 1. The Hall–Kier alpha value is -0.940. The summed E-state index contributed by atoms with van der Waals surface area (Å²) in [6, 6.07) is 0.484. The number of aromatic nitrogens is 2. The molecule has 2 aliphatic carbocycles. The summed E-state index contributed by atoms with van der Waals surface area (Å²) >= 11 is 0. The maximum Gasteiger partial charge on any atom is 0.231 e. The van der Waals surface area contributed by atoms with E-state index in [1.807, 2.05) is 0 Å². The van der Waals surface area contributed by atoms with Gasteiger partial charge in [-0.05, 0) is 38.6 Å². The largest absolute Gasteiger partial charge is 0.370 e. The van der Waals surface area contributed by atoms with Crippen LogP contribution in [0, 0.1) is 0 Å². The van der Waals surface area contributed by atoms with Gasteiger partial charge in [0.15, 0.2) is 0 Å². The molecule has 0 saturated heterocycles. The molecule has 1 aromatic heterocycles. The highest BCUT2D eigenvalue weighted by atomic mass is 16.5. The number of ether oxygens (including phenoxy) is 1. The molecular weight excluding hydrogens is 242 g/mol. The monoisotopic (exact) mass is 265 g/mol. The van der Waals surface area contributed by atoms with E-state index in [4.69, 9.17) is 9.26 Å². The Kier molecular flexibility index (Phi) is 3.58. The summed E-state index contributed by atoms with van der Waals surface area (Å²) in [4.78, 5) is 4.65. The smallest absolute Gasteiger partial charge is 0.231 e. The van der Waals surface area contributed by atoms with Gasteiger partial charge in [0, 0.05) is 13.2 Å². The van der Waals surface area contributed by atoms with E-state index in [-0.39, 0.29) is 5.60 Å². The van der Waals surface area contributed by atoms with Gasteiger partial charge in [-0.1, -0.05) is 18.5 Å². The van der Waals surface area contributed by atoms with E-state index in [1.54, 1.807) is 7.11 Å². The first-order valence-electron chi connectivity index (χ1n) is 7.41. The molecule has 2 saturated carbocycles. The maximum atomic E-state index is 5.61. The zero-order chi connectivity index (χ0) is 13.3. The summed E-state index contributed by atoms with van der Waals surface area (Å²) in [5, 5.41) is 7.71. The van der Waals surface area contributed by atoms with Crippen LogP contribution in [0.4, 0.5) is 0 Å². The molecule has 2 aliphatic rings. The van der Waals surface area contributed by atoms with Gasteiger partial charge in [0.25, 0.3) is 0 Å². The minimum Gasteiger partial charge on any atom is -0.370 e. The molecule has 1 aromatic rings. The molecule has 106 valence electrons. The van der Waals surface area contributed by atoms with Crippen LogP contribution in [0.3, 0.4) is 0 Å². The molecule has 0 radical (unpaired) electrons. The maximum absolute atomic E-state index is 5.61. The number of methoxy groups -OCH3 is 1. The third kappa shape index (κ3) is 2.19. The minimum absolute atomic E-state index is 0.270. The summed E-state index contributed by atoms with van der Waals surface area (Å²) in [5.74, 6) is 1.91. The average Bonchev–Trinajstić information content (AvgIpc) is 2.98. The SMILES string of the molecule is CCNC1CCCC1c1nc(C2(OC)CCC2)no1. The first-order valence-corrected chi connectivity index (χ1v) is 7.41. The van der Waals surface area contributed by atoms with Crippen molar-refractivity contribution in [2.45, 2.75) is 63.0 Å². The Morgan fingerprint density at radius 2 is 2.21 bits per heavy atom. The van der Waals surface area contributed by atoms with E-state index in [1.165, 1.54) is 19.3 Å². The second-order valence-electron chi connectivity index (χ2n) is 5.71. The van der Waals surface area contributed by atoms with Gasteiger partial charge < -0.3 is 14.6 Å². The van der Waals surface area contributed by atoms with Gasteiger partial charge in [0.2, 0.25) is 11.7 Å². The summed E-state index contributed by atoms with van der Waals surface area (Å²) in [6.07, 6.45) is 6.76. The van der Waals surface area contributed by atoms with Crippen LogP contribution in [0.5, 0.6) is 0 Å². The minimum atomic E-state index is -0.270. The highest BCUT2D eigenvalue weighted by Crippen LogP contribution is 2.43. The van der Waals surface area contributed by atoms with Gasteiger partial charge in [0.05, 0.1) is 5.92 Å². The van der Waals surface area contributed by atoms with Crippen molar-refractivity contribution in [3.63, 3.8) is 0 Å². The Morgan fingerprint density at radius 1 is 1.37 bits per heavy atom. The van der Waals surface area contributed by atoms with Crippen molar-refractivity contribution < 1.29 is 9.26 Å². The van der Waals surface area contributed by atoms with E-state index < -0.39 is 0 Å². The second-order valence-corrected chi connectivity index (χ2v) is 5.71. The normalized spacial score (nSPS) is 29.4. The number of nitrogens with one attached hydrogen (secondary N) is 1. The first kappa shape index (κ1) is 13.1. The summed E-state index contributed by atoms with van der Waals surface area (Å²) in [6.45, 7) is 3.13. The Morgan fingerprint density at radius 3 is 2.84 bits per heavy atom. The average molecular weight is 265 g/mol. The van der Waals surface area contributed by atoms with Crippen molar-refractivity contribution in [1.29, 1.82) is 0 Å². The van der Waals surface area contributed by atoms with Crippen LogP contribution in [-0.4, -0.2) is 29.8 Å². The zero-order valence-electron chi connectivity index (χ0n) is 11.8. The van der Waals surface area contributed by atoms with Gasteiger partial charge in [-0.2, -0.15) is 4.98 Å². The van der Waals surface area contributed by atoms with Gasteiger partial charge in [-0.15, -0.1) is 0 Å². The summed E-state index contributed by atoms with van der Waals surface area (Å²) < 4.78 is 11.1.